The molecule has 0 saturated heterocycles. The highest BCUT2D eigenvalue weighted by Gasteiger charge is 2.24. The number of hydrogen-bond acceptors (Lipinski definition) is 6. The minimum absolute atomic E-state index is 0.0187. The van der Waals surface area contributed by atoms with Crippen LogP contribution in [0.1, 0.15) is 31.0 Å². The van der Waals surface area contributed by atoms with Gasteiger partial charge in [0.05, 0.1) is 51.2 Å². The van der Waals surface area contributed by atoms with Gasteiger partial charge < -0.3 is 24.1 Å². The molecule has 0 aliphatic heterocycles. The smallest absolute Gasteiger partial charge is 0.307 e. The summed E-state index contributed by atoms with van der Waals surface area (Å²) in [4.78, 5) is 29.4. The third-order valence-electron chi connectivity index (χ3n) is 5.00. The van der Waals surface area contributed by atoms with E-state index in [1.54, 1.807) is 43.1 Å². The monoisotopic (exact) mass is 411 g/mol. The van der Waals surface area contributed by atoms with Crippen LogP contribution in [-0.4, -0.2) is 42.8 Å². The van der Waals surface area contributed by atoms with Gasteiger partial charge in [-0.2, -0.15) is 0 Å². The van der Waals surface area contributed by atoms with Crippen LogP contribution in [0.3, 0.4) is 0 Å². The lowest BCUT2D eigenvalue weighted by Crippen LogP contribution is -2.35. The Balaban J connectivity index is 1.87. The van der Waals surface area contributed by atoms with Crippen LogP contribution < -0.4 is 14.8 Å². The van der Waals surface area contributed by atoms with Gasteiger partial charge in [0.15, 0.2) is 11.5 Å². The van der Waals surface area contributed by atoms with E-state index in [0.29, 0.717) is 17.1 Å². The number of imidazole rings is 1. The van der Waals surface area contributed by atoms with E-state index in [4.69, 9.17) is 14.2 Å². The lowest BCUT2D eigenvalue weighted by Gasteiger charge is -2.22. The first-order valence-corrected chi connectivity index (χ1v) is 9.49. The molecule has 158 valence electrons. The van der Waals surface area contributed by atoms with Crippen molar-refractivity contribution in [3.8, 4) is 11.5 Å². The third-order valence-corrected chi connectivity index (χ3v) is 5.00. The van der Waals surface area contributed by atoms with Crippen molar-refractivity contribution in [3.05, 3.63) is 54.4 Å². The first-order chi connectivity index (χ1) is 14.5. The topological polar surface area (TPSA) is 91.7 Å². The number of nitrogens with one attached hydrogen (secondary N) is 1. The number of nitrogens with zero attached hydrogens (tertiary/aromatic N) is 2. The Bertz CT molecular complexity index is 1050. The normalized spacial score (nSPS) is 12.8. The molecule has 0 radical (unpaired) electrons. The summed E-state index contributed by atoms with van der Waals surface area (Å²) in [5.74, 6) is 0.382. The minimum Gasteiger partial charge on any atom is -0.493 e. The second-order valence-corrected chi connectivity index (χ2v) is 6.77. The first-order valence-electron chi connectivity index (χ1n) is 9.49. The molecule has 30 heavy (non-hydrogen) atoms. The summed E-state index contributed by atoms with van der Waals surface area (Å²) >= 11 is 0. The molecule has 8 heteroatoms. The van der Waals surface area contributed by atoms with Gasteiger partial charge in [-0.1, -0.05) is 18.2 Å². The van der Waals surface area contributed by atoms with E-state index in [9.17, 15) is 9.59 Å². The molecule has 1 amide bonds. The standard InChI is InChI=1S/C22H25N3O5/c1-14(25-13-23-16-7-5-6-8-18(16)25)22(27)24-17(12-21(26)30-4)15-9-10-19(28-2)20(11-15)29-3/h5-11,13-14,17H,12H2,1-4H3,(H,24,27). The van der Waals surface area contributed by atoms with Crippen LogP contribution in [0.2, 0.25) is 0 Å². The van der Waals surface area contributed by atoms with Crippen molar-refractivity contribution < 1.29 is 23.8 Å². The van der Waals surface area contributed by atoms with E-state index in [2.05, 4.69) is 10.3 Å². The van der Waals surface area contributed by atoms with Gasteiger partial charge in [0.1, 0.15) is 6.04 Å². The molecule has 2 unspecified atom stereocenters. The molecule has 0 fully saturated rings. The Hall–Kier alpha value is -3.55. The average molecular weight is 411 g/mol. The first kappa shape index (κ1) is 21.2. The molecule has 0 saturated carbocycles. The van der Waals surface area contributed by atoms with Gasteiger partial charge in [0, 0.05) is 0 Å². The fraction of sp³-hybridized carbons (Fsp3) is 0.318. The second kappa shape index (κ2) is 9.30. The lowest BCUT2D eigenvalue weighted by molar-refractivity contribution is -0.141. The number of benzene rings is 2. The highest BCUT2D eigenvalue weighted by molar-refractivity contribution is 5.84. The highest BCUT2D eigenvalue weighted by Crippen LogP contribution is 2.31. The van der Waals surface area contributed by atoms with Crippen molar-refractivity contribution in [1.82, 2.24) is 14.9 Å². The van der Waals surface area contributed by atoms with Gasteiger partial charge in [-0.25, -0.2) is 4.98 Å². The molecule has 1 aromatic heterocycles. The maximum Gasteiger partial charge on any atom is 0.307 e. The van der Waals surface area contributed by atoms with Crippen LogP contribution >= 0.6 is 0 Å². The Labute approximate surface area is 174 Å². The maximum atomic E-state index is 13.0. The van der Waals surface area contributed by atoms with Crippen LogP contribution in [0.15, 0.2) is 48.8 Å². The van der Waals surface area contributed by atoms with E-state index in [1.807, 2.05) is 24.3 Å². The van der Waals surface area contributed by atoms with Crippen LogP contribution in [0.25, 0.3) is 11.0 Å². The molecule has 0 aliphatic rings. The molecule has 8 nitrogen and oxygen atoms in total. The summed E-state index contributed by atoms with van der Waals surface area (Å²) < 4.78 is 17.2. The number of rotatable bonds is 8. The molecule has 3 rings (SSSR count). The zero-order chi connectivity index (χ0) is 21.7. The Morgan fingerprint density at radius 1 is 1.07 bits per heavy atom. The maximum absolute atomic E-state index is 13.0. The van der Waals surface area contributed by atoms with E-state index in [0.717, 1.165) is 11.0 Å². The van der Waals surface area contributed by atoms with E-state index in [-0.39, 0.29) is 12.3 Å². The Morgan fingerprint density at radius 2 is 1.80 bits per heavy atom. The Morgan fingerprint density at radius 3 is 2.50 bits per heavy atom. The van der Waals surface area contributed by atoms with Crippen LogP contribution in [0.5, 0.6) is 11.5 Å². The van der Waals surface area contributed by atoms with Gasteiger partial charge in [-0.3, -0.25) is 9.59 Å². The van der Waals surface area contributed by atoms with Crippen molar-refractivity contribution in [2.24, 2.45) is 0 Å². The molecule has 3 aromatic rings. The number of carbonyl (C=O) groups excluding carboxylic acids is 2. The summed E-state index contributed by atoms with van der Waals surface area (Å²) in [6, 6.07) is 11.7. The summed E-state index contributed by atoms with van der Waals surface area (Å²) in [6.07, 6.45) is 1.62. The highest BCUT2D eigenvalue weighted by atomic mass is 16.5. The third kappa shape index (κ3) is 4.37. The molecule has 0 bridgehead atoms. The van der Waals surface area contributed by atoms with Crippen molar-refractivity contribution in [2.75, 3.05) is 21.3 Å². The summed E-state index contributed by atoms with van der Waals surface area (Å²) in [5, 5.41) is 2.96. The van der Waals surface area contributed by atoms with Crippen LogP contribution in [0.4, 0.5) is 0 Å². The number of carbonyl (C=O) groups is 2. The van der Waals surface area contributed by atoms with Crippen molar-refractivity contribution in [3.63, 3.8) is 0 Å². The van der Waals surface area contributed by atoms with Crippen LogP contribution in [-0.2, 0) is 14.3 Å². The van der Waals surface area contributed by atoms with Gasteiger partial charge in [0.2, 0.25) is 5.91 Å². The molecular formula is C22H25N3O5. The molecule has 1 heterocycles. The zero-order valence-corrected chi connectivity index (χ0v) is 17.4. The average Bonchev–Trinajstić information content (AvgIpc) is 3.21. The van der Waals surface area contributed by atoms with Gasteiger partial charge in [0.25, 0.3) is 0 Å². The SMILES string of the molecule is COC(=O)CC(NC(=O)C(C)n1cnc2ccccc21)c1ccc(OC)c(OC)c1. The molecule has 2 aromatic carbocycles. The predicted octanol–water partition coefficient (Wildman–Crippen LogP) is 3.04. The van der Waals surface area contributed by atoms with Gasteiger partial charge in [-0.15, -0.1) is 0 Å². The number of para-hydroxylation sites is 2. The number of ether oxygens (including phenoxy) is 3. The van der Waals surface area contributed by atoms with E-state index in [1.165, 1.54) is 14.2 Å². The second-order valence-electron chi connectivity index (χ2n) is 6.77. The molecule has 2 atom stereocenters. The molecule has 0 spiro atoms. The minimum atomic E-state index is -0.595. The molecule has 1 N–H and O–H groups in total. The van der Waals surface area contributed by atoms with Crippen molar-refractivity contribution in [1.29, 1.82) is 0 Å². The summed E-state index contributed by atoms with van der Waals surface area (Å²) in [7, 11) is 4.39. The summed E-state index contributed by atoms with van der Waals surface area (Å²) in [5.41, 5.74) is 2.37. The lowest BCUT2D eigenvalue weighted by atomic mass is 10.0. The van der Waals surface area contributed by atoms with Crippen LogP contribution in [0, 0.1) is 0 Å². The number of hydrogen-bond donors (Lipinski definition) is 1. The quantitative estimate of drug-likeness (QED) is 0.573. The number of fused-ring (bicyclic) bond motifs is 1. The summed E-state index contributed by atoms with van der Waals surface area (Å²) in [6.45, 7) is 1.78. The predicted molar refractivity (Wildman–Crippen MR) is 112 cm³/mol. The number of esters is 1. The fourth-order valence-corrected chi connectivity index (χ4v) is 3.28. The zero-order valence-electron chi connectivity index (χ0n) is 17.4. The van der Waals surface area contributed by atoms with E-state index < -0.39 is 18.1 Å². The van der Waals surface area contributed by atoms with Gasteiger partial charge >= 0.3 is 5.97 Å². The number of amides is 1. The largest absolute Gasteiger partial charge is 0.493 e. The Kier molecular flexibility index (Phi) is 6.56. The molecular weight excluding hydrogens is 386 g/mol. The van der Waals surface area contributed by atoms with Gasteiger partial charge in [-0.05, 0) is 36.8 Å². The van der Waals surface area contributed by atoms with E-state index >= 15 is 0 Å². The van der Waals surface area contributed by atoms with Crippen molar-refractivity contribution in [2.45, 2.75) is 25.4 Å². The fourth-order valence-electron chi connectivity index (χ4n) is 3.28. The van der Waals surface area contributed by atoms with Crippen molar-refractivity contribution >= 4 is 22.9 Å². The number of aromatic nitrogens is 2. The number of methoxy groups -OCH3 is 3. The molecule has 0 aliphatic carbocycles.